The van der Waals surface area contributed by atoms with Gasteiger partial charge in [-0.15, -0.1) is 0 Å². The van der Waals surface area contributed by atoms with Crippen LogP contribution in [0.2, 0.25) is 10.0 Å². The van der Waals surface area contributed by atoms with Crippen molar-refractivity contribution in [2.24, 2.45) is 10.3 Å². The molecule has 9 heteroatoms. The summed E-state index contributed by atoms with van der Waals surface area (Å²) in [5, 5.41) is 15.5. The molecule has 0 aliphatic carbocycles. The van der Waals surface area contributed by atoms with E-state index in [-0.39, 0.29) is 21.3 Å². The van der Waals surface area contributed by atoms with E-state index < -0.39 is 18.2 Å². The minimum absolute atomic E-state index is 0.0942. The van der Waals surface area contributed by atoms with Crippen LogP contribution in [0, 0.1) is 0 Å². The molecule has 0 radical (unpaired) electrons. The van der Waals surface area contributed by atoms with Gasteiger partial charge in [-0.2, -0.15) is 13.2 Å². The number of benzene rings is 2. The summed E-state index contributed by atoms with van der Waals surface area (Å²) < 4.78 is 41.6. The Morgan fingerprint density at radius 2 is 1.96 bits per heavy atom. The van der Waals surface area contributed by atoms with E-state index >= 15 is 0 Å². The molecule has 1 unspecified atom stereocenters. The van der Waals surface area contributed by atoms with E-state index in [1.165, 1.54) is 42.5 Å². The number of hydrogen-bond donors (Lipinski definition) is 1. The molecule has 1 aliphatic heterocycles. The van der Waals surface area contributed by atoms with Crippen molar-refractivity contribution in [3.63, 3.8) is 0 Å². The highest BCUT2D eigenvalue weighted by atomic mass is 35.5. The predicted octanol–water partition coefficient (Wildman–Crippen LogP) is 5.38. The first-order valence-electron chi connectivity index (χ1n) is 7.32. The molecule has 0 aromatic heterocycles. The van der Waals surface area contributed by atoms with Crippen molar-refractivity contribution in [3.8, 4) is 0 Å². The largest absolute Gasteiger partial charge is 0.435 e. The third-order valence-corrected chi connectivity index (χ3v) is 4.57. The number of nitrogens with zero attached hydrogens (tertiary/aromatic N) is 2. The molecule has 136 valence electrons. The second-order valence-corrected chi connectivity index (χ2v) is 6.47. The van der Waals surface area contributed by atoms with E-state index in [1.54, 1.807) is 0 Å². The first-order valence-corrected chi connectivity index (χ1v) is 8.07. The van der Waals surface area contributed by atoms with Gasteiger partial charge in [-0.1, -0.05) is 57.8 Å². The van der Waals surface area contributed by atoms with E-state index in [2.05, 4.69) is 10.3 Å². The Morgan fingerprint density at radius 1 is 1.19 bits per heavy atom. The van der Waals surface area contributed by atoms with Crippen LogP contribution in [-0.4, -0.2) is 23.3 Å². The van der Waals surface area contributed by atoms with Gasteiger partial charge in [0.1, 0.15) is 0 Å². The summed E-state index contributed by atoms with van der Waals surface area (Å²) in [5.74, 6) is 0. The van der Waals surface area contributed by atoms with Crippen molar-refractivity contribution < 1.29 is 23.2 Å². The normalized spacial score (nSPS) is 20.3. The molecule has 0 saturated heterocycles. The van der Waals surface area contributed by atoms with Crippen molar-refractivity contribution in [2.45, 2.75) is 18.2 Å². The zero-order chi connectivity index (χ0) is 18.9. The number of alkyl halides is 3. The fourth-order valence-corrected chi connectivity index (χ4v) is 3.09. The third-order valence-electron chi connectivity index (χ3n) is 4.01. The maximum absolute atomic E-state index is 13.9. The van der Waals surface area contributed by atoms with Gasteiger partial charge in [-0.3, -0.25) is 0 Å². The van der Waals surface area contributed by atoms with Crippen molar-refractivity contribution in [1.29, 1.82) is 0 Å². The van der Waals surface area contributed by atoms with Crippen LogP contribution in [-0.2, 0) is 10.4 Å². The topological polar surface area (TPSA) is 54.2 Å². The molecule has 1 N–H and O–H groups in total. The van der Waals surface area contributed by atoms with Crippen LogP contribution in [0.15, 0.2) is 52.8 Å². The average molecular weight is 403 g/mol. The first kappa shape index (κ1) is 18.5. The minimum Gasteiger partial charge on any atom is -0.411 e. The number of hydrogen-bond acceptors (Lipinski definition) is 4. The van der Waals surface area contributed by atoms with Crippen LogP contribution in [0.25, 0.3) is 0 Å². The van der Waals surface area contributed by atoms with Crippen molar-refractivity contribution >= 4 is 35.1 Å². The monoisotopic (exact) mass is 402 g/mol. The summed E-state index contributed by atoms with van der Waals surface area (Å²) in [5.41, 5.74) is -1.87. The molecule has 2 aromatic rings. The maximum Gasteiger partial charge on any atom is 0.435 e. The standard InChI is InChI=1S/C17H11Cl2F3N2O2/c18-13-3-1-2-12(7-13)16(17(20,21)22)8-15(24-26-16)10-4-5-11(9-23-25)14(19)6-10/h1-7,9,25H,8H2/b23-9+. The van der Waals surface area contributed by atoms with E-state index in [0.717, 1.165) is 6.21 Å². The Bertz CT molecular complexity index is 900. The summed E-state index contributed by atoms with van der Waals surface area (Å²) in [4.78, 5) is 4.93. The first-order chi connectivity index (χ1) is 12.3. The zero-order valence-corrected chi connectivity index (χ0v) is 14.5. The fourth-order valence-electron chi connectivity index (χ4n) is 2.67. The molecule has 3 rings (SSSR count). The van der Waals surface area contributed by atoms with Gasteiger partial charge in [-0.25, -0.2) is 0 Å². The lowest BCUT2D eigenvalue weighted by Crippen LogP contribution is -2.42. The molecule has 2 aromatic carbocycles. The van der Waals surface area contributed by atoms with Crippen LogP contribution in [0.5, 0.6) is 0 Å². The second kappa shape index (κ2) is 6.81. The summed E-state index contributed by atoms with van der Waals surface area (Å²) in [6, 6.07) is 9.87. The highest BCUT2D eigenvalue weighted by molar-refractivity contribution is 6.33. The lowest BCUT2D eigenvalue weighted by atomic mass is 9.86. The van der Waals surface area contributed by atoms with Crippen molar-refractivity contribution in [2.75, 3.05) is 0 Å². The fraction of sp³-hybridized carbons (Fsp3) is 0.176. The van der Waals surface area contributed by atoms with Crippen molar-refractivity contribution in [3.05, 3.63) is 69.2 Å². The highest BCUT2D eigenvalue weighted by Crippen LogP contribution is 2.49. The molecule has 1 heterocycles. The van der Waals surface area contributed by atoms with Crippen LogP contribution < -0.4 is 0 Å². The average Bonchev–Trinajstić information content (AvgIpc) is 3.03. The molecular formula is C17H11Cl2F3N2O2. The molecule has 0 amide bonds. The van der Waals surface area contributed by atoms with Gasteiger partial charge in [0, 0.05) is 28.1 Å². The Hall–Kier alpha value is -2.25. The van der Waals surface area contributed by atoms with Crippen LogP contribution in [0.1, 0.15) is 23.1 Å². The van der Waals surface area contributed by atoms with Gasteiger partial charge in [0.05, 0.1) is 16.9 Å². The lowest BCUT2D eigenvalue weighted by Gasteiger charge is -2.29. The maximum atomic E-state index is 13.9. The summed E-state index contributed by atoms with van der Waals surface area (Å²) in [6.07, 6.45) is -4.12. The molecule has 4 nitrogen and oxygen atoms in total. The van der Waals surface area contributed by atoms with Gasteiger partial charge >= 0.3 is 6.18 Å². The molecule has 0 spiro atoms. The Morgan fingerprint density at radius 3 is 2.58 bits per heavy atom. The van der Waals surface area contributed by atoms with Gasteiger partial charge in [0.25, 0.3) is 5.60 Å². The smallest absolute Gasteiger partial charge is 0.411 e. The van der Waals surface area contributed by atoms with Crippen LogP contribution in [0.4, 0.5) is 13.2 Å². The van der Waals surface area contributed by atoms with Crippen molar-refractivity contribution in [1.82, 2.24) is 0 Å². The Labute approximate surface area is 156 Å². The SMILES string of the molecule is O/N=C/c1ccc(C2=NOC(c3cccc(Cl)c3)(C(F)(F)F)C2)cc1Cl. The Balaban J connectivity index is 1.98. The minimum atomic E-state index is -4.71. The molecule has 26 heavy (non-hydrogen) atoms. The van der Waals surface area contributed by atoms with Crippen LogP contribution in [0.3, 0.4) is 0 Å². The molecule has 0 saturated carbocycles. The predicted molar refractivity (Wildman–Crippen MR) is 92.3 cm³/mol. The molecular weight excluding hydrogens is 392 g/mol. The number of oxime groups is 2. The van der Waals surface area contributed by atoms with Gasteiger partial charge in [-0.05, 0) is 18.2 Å². The van der Waals surface area contributed by atoms with E-state index in [4.69, 9.17) is 33.2 Å². The third kappa shape index (κ3) is 3.24. The van der Waals surface area contributed by atoms with Gasteiger partial charge in [0.2, 0.25) is 0 Å². The van der Waals surface area contributed by atoms with Gasteiger partial charge < -0.3 is 10.0 Å². The van der Waals surface area contributed by atoms with E-state index in [9.17, 15) is 13.2 Å². The molecule has 1 atom stereocenters. The highest BCUT2D eigenvalue weighted by Gasteiger charge is 2.62. The van der Waals surface area contributed by atoms with E-state index in [0.29, 0.717) is 11.1 Å². The van der Waals surface area contributed by atoms with Gasteiger partial charge in [0.15, 0.2) is 0 Å². The molecule has 0 fully saturated rings. The summed E-state index contributed by atoms with van der Waals surface area (Å²) >= 11 is 11.9. The Kier molecular flexibility index (Phi) is 4.86. The molecule has 0 bridgehead atoms. The second-order valence-electron chi connectivity index (χ2n) is 5.62. The summed E-state index contributed by atoms with van der Waals surface area (Å²) in [6.45, 7) is 0. The molecule has 1 aliphatic rings. The quantitative estimate of drug-likeness (QED) is 0.425. The lowest BCUT2D eigenvalue weighted by molar-refractivity contribution is -0.275. The zero-order valence-electron chi connectivity index (χ0n) is 13.0. The number of halogens is 5. The van der Waals surface area contributed by atoms with Crippen LogP contribution >= 0.6 is 23.2 Å². The van der Waals surface area contributed by atoms with E-state index in [1.807, 2.05) is 0 Å². The summed E-state index contributed by atoms with van der Waals surface area (Å²) in [7, 11) is 0. The number of rotatable bonds is 3.